The van der Waals surface area contributed by atoms with Gasteiger partial charge in [0, 0.05) is 31.6 Å². The Morgan fingerprint density at radius 1 is 0.838 bits per heavy atom. The molecule has 0 saturated carbocycles. The van der Waals surface area contributed by atoms with Gasteiger partial charge >= 0.3 is 6.09 Å². The summed E-state index contributed by atoms with van der Waals surface area (Å²) in [6, 6.07) is 15.3. The van der Waals surface area contributed by atoms with Gasteiger partial charge in [-0.2, -0.15) is 0 Å². The van der Waals surface area contributed by atoms with Gasteiger partial charge in [0.25, 0.3) is 0 Å². The van der Waals surface area contributed by atoms with Crippen molar-refractivity contribution in [2.75, 3.05) is 18.5 Å². The monoisotopic (exact) mass is 511 g/mol. The molecule has 0 spiro atoms. The molecule has 0 fully saturated rings. The fourth-order valence-electron chi connectivity index (χ4n) is 3.34. The van der Waals surface area contributed by atoms with E-state index in [0.717, 1.165) is 11.3 Å². The van der Waals surface area contributed by atoms with E-state index in [2.05, 4.69) is 48.9 Å². The van der Waals surface area contributed by atoms with Crippen molar-refractivity contribution in [2.24, 2.45) is 0 Å². The lowest BCUT2D eigenvalue weighted by molar-refractivity contribution is -0.121. The van der Waals surface area contributed by atoms with E-state index in [1.807, 2.05) is 30.3 Å². The summed E-state index contributed by atoms with van der Waals surface area (Å²) in [7, 11) is 0. The number of benzene rings is 2. The van der Waals surface area contributed by atoms with Crippen LogP contribution in [0.15, 0.2) is 48.5 Å². The van der Waals surface area contributed by atoms with E-state index >= 15 is 0 Å². The van der Waals surface area contributed by atoms with Gasteiger partial charge in [-0.1, -0.05) is 45.0 Å². The third-order valence-electron chi connectivity index (χ3n) is 5.26. The van der Waals surface area contributed by atoms with Crippen LogP contribution in [-0.2, 0) is 26.3 Å². The molecule has 2 aromatic rings. The van der Waals surface area contributed by atoms with E-state index in [1.54, 1.807) is 26.8 Å². The zero-order valence-electron chi connectivity index (χ0n) is 22.9. The Balaban J connectivity index is 1.66. The third kappa shape index (κ3) is 12.3. The van der Waals surface area contributed by atoms with Crippen molar-refractivity contribution in [3.8, 4) is 5.75 Å². The summed E-state index contributed by atoms with van der Waals surface area (Å²) in [5.41, 5.74) is 2.25. The molecule has 0 unspecified atom stereocenters. The summed E-state index contributed by atoms with van der Waals surface area (Å²) in [6.45, 7) is 12.8. The number of carbonyl (C=O) groups excluding carboxylic acids is 3. The van der Waals surface area contributed by atoms with Crippen LogP contribution in [-0.4, -0.2) is 36.7 Å². The highest BCUT2D eigenvalue weighted by molar-refractivity contribution is 5.91. The minimum Gasteiger partial charge on any atom is -0.494 e. The highest BCUT2D eigenvalue weighted by Gasteiger charge is 2.16. The lowest BCUT2D eigenvalue weighted by atomic mass is 9.87. The maximum atomic E-state index is 12.2. The number of ether oxygens (including phenoxy) is 2. The summed E-state index contributed by atoms with van der Waals surface area (Å²) < 4.78 is 10.9. The van der Waals surface area contributed by atoms with Crippen LogP contribution < -0.4 is 20.7 Å². The number of rotatable bonds is 11. The predicted octanol–water partition coefficient (Wildman–Crippen LogP) is 5.31. The van der Waals surface area contributed by atoms with Crippen LogP contribution in [0, 0.1) is 0 Å². The fourth-order valence-corrected chi connectivity index (χ4v) is 3.34. The number of nitrogens with one attached hydrogen (secondary N) is 3. The molecule has 0 bridgehead atoms. The van der Waals surface area contributed by atoms with Crippen LogP contribution in [0.3, 0.4) is 0 Å². The summed E-state index contributed by atoms with van der Waals surface area (Å²) >= 11 is 0. The third-order valence-corrected chi connectivity index (χ3v) is 5.26. The number of amides is 3. The molecule has 0 radical (unpaired) electrons. The molecule has 202 valence electrons. The number of hydrogen-bond donors (Lipinski definition) is 3. The molecule has 37 heavy (non-hydrogen) atoms. The molecule has 0 aromatic heterocycles. The van der Waals surface area contributed by atoms with Gasteiger partial charge in [-0.25, -0.2) is 4.79 Å². The summed E-state index contributed by atoms with van der Waals surface area (Å²) in [6.07, 6.45) is 0.532. The van der Waals surface area contributed by atoms with E-state index in [-0.39, 0.29) is 30.2 Å². The molecule has 0 aliphatic heterocycles. The normalized spacial score (nSPS) is 11.4. The molecular formula is C29H41N3O5. The van der Waals surface area contributed by atoms with Gasteiger partial charge in [-0.3, -0.25) is 9.59 Å². The van der Waals surface area contributed by atoms with Crippen LogP contribution in [0.1, 0.15) is 71.9 Å². The van der Waals surface area contributed by atoms with Crippen molar-refractivity contribution in [3.63, 3.8) is 0 Å². The lowest BCUT2D eigenvalue weighted by Crippen LogP contribution is -2.34. The molecular weight excluding hydrogens is 470 g/mol. The molecule has 0 atom stereocenters. The standard InChI is InChI=1S/C29H41N3O5/c1-28(2,3)22-12-14-24(15-13-22)36-18-8-11-25(33)31-20-21-9-7-10-23(19-21)32-26(34)16-17-30-27(35)37-29(4,5)6/h7,9-10,12-15,19H,8,11,16-18,20H2,1-6H3,(H,30,35)(H,31,33)(H,32,34). The second-order valence-electron chi connectivity index (χ2n) is 10.9. The van der Waals surface area contributed by atoms with Gasteiger partial charge in [0.1, 0.15) is 11.4 Å². The van der Waals surface area contributed by atoms with Crippen molar-refractivity contribution in [3.05, 3.63) is 59.7 Å². The summed E-state index contributed by atoms with van der Waals surface area (Å²) in [5, 5.41) is 8.26. The first-order valence-corrected chi connectivity index (χ1v) is 12.7. The van der Waals surface area contributed by atoms with Crippen LogP contribution in [0.5, 0.6) is 5.75 Å². The molecule has 0 heterocycles. The smallest absolute Gasteiger partial charge is 0.407 e. The Morgan fingerprint density at radius 3 is 2.19 bits per heavy atom. The highest BCUT2D eigenvalue weighted by Crippen LogP contribution is 2.24. The van der Waals surface area contributed by atoms with Gasteiger partial charge in [0.15, 0.2) is 0 Å². The molecule has 2 aromatic carbocycles. The van der Waals surface area contributed by atoms with Gasteiger partial charge in [0.05, 0.1) is 6.61 Å². The average Bonchev–Trinajstić information content (AvgIpc) is 2.79. The number of anilines is 1. The SMILES string of the molecule is CC(C)(C)OC(=O)NCCC(=O)Nc1cccc(CNC(=O)CCCOc2ccc(C(C)(C)C)cc2)c1. The molecule has 0 saturated heterocycles. The number of carbonyl (C=O) groups is 3. The maximum absolute atomic E-state index is 12.2. The largest absolute Gasteiger partial charge is 0.494 e. The number of alkyl carbamates (subject to hydrolysis) is 1. The zero-order chi connectivity index (χ0) is 27.5. The Kier molecular flexibility index (Phi) is 11.0. The first kappa shape index (κ1) is 29.7. The Bertz CT molecular complexity index is 1040. The zero-order valence-corrected chi connectivity index (χ0v) is 22.9. The predicted molar refractivity (Wildman–Crippen MR) is 146 cm³/mol. The van der Waals surface area contributed by atoms with Crippen LogP contribution >= 0.6 is 0 Å². The van der Waals surface area contributed by atoms with E-state index in [9.17, 15) is 14.4 Å². The van der Waals surface area contributed by atoms with Crippen LogP contribution in [0.25, 0.3) is 0 Å². The van der Waals surface area contributed by atoms with Crippen molar-refractivity contribution in [1.29, 1.82) is 0 Å². The van der Waals surface area contributed by atoms with E-state index < -0.39 is 11.7 Å². The second-order valence-corrected chi connectivity index (χ2v) is 10.9. The molecule has 2 rings (SSSR count). The molecule has 8 nitrogen and oxygen atoms in total. The molecule has 3 N–H and O–H groups in total. The topological polar surface area (TPSA) is 106 Å². The van der Waals surface area contributed by atoms with Gasteiger partial charge in [-0.05, 0) is 68.0 Å². The van der Waals surface area contributed by atoms with Crippen LogP contribution in [0.2, 0.25) is 0 Å². The summed E-state index contributed by atoms with van der Waals surface area (Å²) in [5.74, 6) is 0.507. The molecule has 0 aliphatic rings. The first-order valence-electron chi connectivity index (χ1n) is 12.7. The number of hydrogen-bond acceptors (Lipinski definition) is 5. The maximum Gasteiger partial charge on any atom is 0.407 e. The minimum atomic E-state index is -0.588. The molecule has 0 aliphatic carbocycles. The molecule has 3 amide bonds. The quantitative estimate of drug-likeness (QED) is 0.355. The fraction of sp³-hybridized carbons (Fsp3) is 0.483. The minimum absolute atomic E-state index is 0.0608. The second kappa shape index (κ2) is 13.7. The van der Waals surface area contributed by atoms with E-state index in [1.165, 1.54) is 5.56 Å². The van der Waals surface area contributed by atoms with Crippen molar-refractivity contribution in [2.45, 2.75) is 78.4 Å². The molecule has 8 heteroatoms. The van der Waals surface area contributed by atoms with E-state index in [0.29, 0.717) is 31.7 Å². The summed E-state index contributed by atoms with van der Waals surface area (Å²) in [4.78, 5) is 36.1. The first-order chi connectivity index (χ1) is 17.3. The Morgan fingerprint density at radius 2 is 1.54 bits per heavy atom. The van der Waals surface area contributed by atoms with Crippen LogP contribution in [0.4, 0.5) is 10.5 Å². The van der Waals surface area contributed by atoms with Crippen molar-refractivity contribution < 1.29 is 23.9 Å². The van der Waals surface area contributed by atoms with E-state index in [4.69, 9.17) is 9.47 Å². The average molecular weight is 512 g/mol. The van der Waals surface area contributed by atoms with Crippen molar-refractivity contribution >= 4 is 23.6 Å². The van der Waals surface area contributed by atoms with Gasteiger partial charge < -0.3 is 25.4 Å². The lowest BCUT2D eigenvalue weighted by Gasteiger charge is -2.19. The van der Waals surface area contributed by atoms with Crippen molar-refractivity contribution in [1.82, 2.24) is 10.6 Å². The van der Waals surface area contributed by atoms with Gasteiger partial charge in [-0.15, -0.1) is 0 Å². The Hall–Kier alpha value is -3.55. The van der Waals surface area contributed by atoms with Gasteiger partial charge in [0.2, 0.25) is 11.8 Å². The highest BCUT2D eigenvalue weighted by atomic mass is 16.6. The Labute approximate surface area is 220 Å².